The average molecular weight is 410 g/mol. The lowest BCUT2D eigenvalue weighted by atomic mass is 10.2. The molecule has 9 heteroatoms. The number of amides is 1. The van der Waals surface area contributed by atoms with Crippen molar-refractivity contribution in [2.45, 2.75) is 11.7 Å². The number of rotatable bonds is 7. The molecule has 0 saturated heterocycles. The number of Topliss-reactive ketones (excluding diaryl/α,β-unsaturated/α-hetero) is 1. The maximum Gasteiger partial charge on any atom is 0.251 e. The fraction of sp³-hybridized carbons (Fsp3) is 0.200. The van der Waals surface area contributed by atoms with Gasteiger partial charge in [0.15, 0.2) is 28.3 Å². The second-order valence-electron chi connectivity index (χ2n) is 6.29. The van der Waals surface area contributed by atoms with Gasteiger partial charge in [-0.2, -0.15) is 0 Å². The molecular weight excluding hydrogens is 392 g/mol. The van der Waals surface area contributed by atoms with Crippen LogP contribution in [0.5, 0.6) is 11.5 Å². The molecule has 3 aromatic rings. The molecular formula is C20H18N4O4S. The van der Waals surface area contributed by atoms with E-state index in [0.717, 1.165) is 0 Å². The van der Waals surface area contributed by atoms with Gasteiger partial charge in [-0.15, -0.1) is 10.2 Å². The Hall–Kier alpha value is -3.33. The first-order chi connectivity index (χ1) is 14.1. The largest absolute Gasteiger partial charge is 0.454 e. The fourth-order valence-corrected chi connectivity index (χ4v) is 3.59. The lowest BCUT2D eigenvalue weighted by molar-refractivity contribution is 0.0948. The zero-order valence-corrected chi connectivity index (χ0v) is 16.4. The summed E-state index contributed by atoms with van der Waals surface area (Å²) in [6.07, 6.45) is 0. The minimum Gasteiger partial charge on any atom is -0.454 e. The zero-order chi connectivity index (χ0) is 20.2. The number of aromatic nitrogens is 3. The van der Waals surface area contributed by atoms with Crippen LogP contribution in [0.15, 0.2) is 53.7 Å². The first kappa shape index (κ1) is 19.0. The molecule has 0 unspecified atom stereocenters. The summed E-state index contributed by atoms with van der Waals surface area (Å²) in [6, 6.07) is 14.1. The van der Waals surface area contributed by atoms with Crippen LogP contribution in [0, 0.1) is 0 Å². The lowest BCUT2D eigenvalue weighted by Gasteiger charge is -2.07. The van der Waals surface area contributed by atoms with Crippen molar-refractivity contribution in [3.63, 3.8) is 0 Å². The zero-order valence-electron chi connectivity index (χ0n) is 15.6. The Morgan fingerprint density at radius 2 is 1.86 bits per heavy atom. The van der Waals surface area contributed by atoms with E-state index >= 15 is 0 Å². The van der Waals surface area contributed by atoms with Crippen molar-refractivity contribution in [2.24, 2.45) is 7.05 Å². The maximum atomic E-state index is 12.4. The van der Waals surface area contributed by atoms with Crippen LogP contribution < -0.4 is 14.8 Å². The van der Waals surface area contributed by atoms with E-state index in [4.69, 9.17) is 9.47 Å². The minimum atomic E-state index is -0.250. The number of carbonyl (C=O) groups is 2. The van der Waals surface area contributed by atoms with Crippen molar-refractivity contribution in [2.75, 3.05) is 12.5 Å². The molecule has 1 aliphatic rings. The standard InChI is InChI=1S/C20H18N4O4S/c1-24-18(10-21-19(26)14-7-8-16-17(9-14)28-12-27-16)22-23-20(24)29-11-15(25)13-5-3-2-4-6-13/h2-9H,10-12H2,1H3,(H,21,26). The summed E-state index contributed by atoms with van der Waals surface area (Å²) in [7, 11) is 1.80. The predicted octanol–water partition coefficient (Wildman–Crippen LogP) is 2.45. The van der Waals surface area contributed by atoms with Crippen molar-refractivity contribution in [3.05, 3.63) is 65.5 Å². The Balaban J connectivity index is 1.34. The molecule has 0 aliphatic carbocycles. The smallest absolute Gasteiger partial charge is 0.251 e. The number of fused-ring (bicyclic) bond motifs is 1. The molecule has 4 rings (SSSR count). The van der Waals surface area contributed by atoms with E-state index in [0.29, 0.717) is 33.6 Å². The van der Waals surface area contributed by atoms with Gasteiger partial charge in [0.2, 0.25) is 6.79 Å². The van der Waals surface area contributed by atoms with Crippen LogP contribution in [0.3, 0.4) is 0 Å². The van der Waals surface area contributed by atoms with E-state index in [9.17, 15) is 9.59 Å². The first-order valence-corrected chi connectivity index (χ1v) is 9.87. The van der Waals surface area contributed by atoms with E-state index in [2.05, 4.69) is 15.5 Å². The molecule has 1 amide bonds. The molecule has 0 radical (unpaired) electrons. The van der Waals surface area contributed by atoms with Gasteiger partial charge in [-0.05, 0) is 18.2 Å². The Labute approximate surface area is 171 Å². The number of nitrogens with zero attached hydrogens (tertiary/aromatic N) is 3. The van der Waals surface area contributed by atoms with E-state index in [1.165, 1.54) is 11.8 Å². The molecule has 0 saturated carbocycles. The number of benzene rings is 2. The molecule has 1 aromatic heterocycles. The quantitative estimate of drug-likeness (QED) is 0.472. The molecule has 0 fully saturated rings. The highest BCUT2D eigenvalue weighted by Crippen LogP contribution is 2.32. The Morgan fingerprint density at radius 3 is 2.69 bits per heavy atom. The SMILES string of the molecule is Cn1c(CNC(=O)c2ccc3c(c2)OCO3)nnc1SCC(=O)c1ccccc1. The lowest BCUT2D eigenvalue weighted by Crippen LogP contribution is -2.24. The van der Waals surface area contributed by atoms with Gasteiger partial charge in [-0.3, -0.25) is 9.59 Å². The second kappa shape index (κ2) is 8.36. The maximum absolute atomic E-state index is 12.4. The summed E-state index contributed by atoms with van der Waals surface area (Å²) < 4.78 is 12.3. The van der Waals surface area contributed by atoms with Crippen molar-refractivity contribution >= 4 is 23.5 Å². The molecule has 0 atom stereocenters. The third kappa shape index (κ3) is 4.24. The fourth-order valence-electron chi connectivity index (χ4n) is 2.76. The summed E-state index contributed by atoms with van der Waals surface area (Å²) >= 11 is 1.31. The minimum absolute atomic E-state index is 0.0243. The number of hydrogen-bond acceptors (Lipinski definition) is 7. The van der Waals surface area contributed by atoms with Crippen molar-refractivity contribution in [3.8, 4) is 11.5 Å². The van der Waals surface area contributed by atoms with Gasteiger partial charge in [0, 0.05) is 18.2 Å². The van der Waals surface area contributed by atoms with Crippen LogP contribution in [0.4, 0.5) is 0 Å². The number of ether oxygens (including phenoxy) is 2. The highest BCUT2D eigenvalue weighted by molar-refractivity contribution is 7.99. The number of nitrogens with one attached hydrogen (secondary N) is 1. The molecule has 1 N–H and O–H groups in total. The van der Waals surface area contributed by atoms with Crippen molar-refractivity contribution < 1.29 is 19.1 Å². The van der Waals surface area contributed by atoms with Gasteiger partial charge in [-0.1, -0.05) is 42.1 Å². The molecule has 8 nitrogen and oxygen atoms in total. The topological polar surface area (TPSA) is 95.3 Å². The van der Waals surface area contributed by atoms with Gasteiger partial charge in [0.1, 0.15) is 0 Å². The van der Waals surface area contributed by atoms with E-state index in [1.807, 2.05) is 18.2 Å². The van der Waals surface area contributed by atoms with Crippen molar-refractivity contribution in [1.82, 2.24) is 20.1 Å². The van der Waals surface area contributed by atoms with Gasteiger partial charge in [0.25, 0.3) is 5.91 Å². The molecule has 29 heavy (non-hydrogen) atoms. The number of hydrogen-bond donors (Lipinski definition) is 1. The van der Waals surface area contributed by atoms with Gasteiger partial charge in [0.05, 0.1) is 12.3 Å². The normalized spacial score (nSPS) is 12.0. The van der Waals surface area contributed by atoms with Crippen LogP contribution in [-0.2, 0) is 13.6 Å². The molecule has 2 heterocycles. The van der Waals surface area contributed by atoms with Gasteiger partial charge >= 0.3 is 0 Å². The summed E-state index contributed by atoms with van der Waals surface area (Å²) in [6.45, 7) is 0.372. The Kier molecular flexibility index (Phi) is 5.48. The predicted molar refractivity (Wildman–Crippen MR) is 106 cm³/mol. The summed E-state index contributed by atoms with van der Waals surface area (Å²) in [4.78, 5) is 24.6. The summed E-state index contributed by atoms with van der Waals surface area (Å²) in [5.74, 6) is 1.81. The summed E-state index contributed by atoms with van der Waals surface area (Å²) in [5.41, 5.74) is 1.14. The van der Waals surface area contributed by atoms with Crippen LogP contribution in [-0.4, -0.2) is 39.0 Å². The van der Waals surface area contributed by atoms with Crippen LogP contribution in [0.1, 0.15) is 26.5 Å². The van der Waals surface area contributed by atoms with E-state index in [-0.39, 0.29) is 30.8 Å². The highest BCUT2D eigenvalue weighted by atomic mass is 32.2. The Morgan fingerprint density at radius 1 is 1.07 bits per heavy atom. The third-order valence-electron chi connectivity index (χ3n) is 4.40. The van der Waals surface area contributed by atoms with Crippen molar-refractivity contribution in [1.29, 1.82) is 0 Å². The van der Waals surface area contributed by atoms with E-state index < -0.39 is 0 Å². The molecule has 148 valence electrons. The molecule has 2 aromatic carbocycles. The average Bonchev–Trinajstić information content (AvgIpc) is 3.36. The van der Waals surface area contributed by atoms with E-state index in [1.54, 1.807) is 41.9 Å². The Bertz CT molecular complexity index is 1050. The van der Waals surface area contributed by atoms with Gasteiger partial charge < -0.3 is 19.4 Å². The van der Waals surface area contributed by atoms with Crippen LogP contribution in [0.25, 0.3) is 0 Å². The summed E-state index contributed by atoms with van der Waals surface area (Å²) in [5, 5.41) is 11.7. The first-order valence-electron chi connectivity index (χ1n) is 8.89. The monoisotopic (exact) mass is 410 g/mol. The van der Waals surface area contributed by atoms with Crippen LogP contribution in [0.2, 0.25) is 0 Å². The van der Waals surface area contributed by atoms with Gasteiger partial charge in [-0.25, -0.2) is 0 Å². The number of thioether (sulfide) groups is 1. The van der Waals surface area contributed by atoms with Crippen LogP contribution >= 0.6 is 11.8 Å². The molecule has 1 aliphatic heterocycles. The number of carbonyl (C=O) groups excluding carboxylic acids is 2. The molecule has 0 bridgehead atoms. The molecule has 0 spiro atoms. The number of ketones is 1. The second-order valence-corrected chi connectivity index (χ2v) is 7.23. The highest BCUT2D eigenvalue weighted by Gasteiger charge is 2.17. The third-order valence-corrected chi connectivity index (χ3v) is 5.42.